The lowest BCUT2D eigenvalue weighted by Crippen LogP contribution is -2.41. The summed E-state index contributed by atoms with van der Waals surface area (Å²) in [6.07, 6.45) is 2.10. The maximum atomic E-state index is 6.27. The third-order valence-corrected chi connectivity index (χ3v) is 4.47. The molecule has 26 heavy (non-hydrogen) atoms. The van der Waals surface area contributed by atoms with Gasteiger partial charge in [0, 0.05) is 25.3 Å². The summed E-state index contributed by atoms with van der Waals surface area (Å²) in [7, 11) is 4.07. The molecular formula is C22H27NO3. The van der Waals surface area contributed by atoms with Gasteiger partial charge in [0.05, 0.1) is 13.2 Å². The van der Waals surface area contributed by atoms with E-state index in [1.165, 1.54) is 0 Å². The van der Waals surface area contributed by atoms with Crippen molar-refractivity contribution in [2.75, 3.05) is 32.2 Å². The van der Waals surface area contributed by atoms with Crippen LogP contribution in [-0.2, 0) is 14.2 Å². The van der Waals surface area contributed by atoms with E-state index in [2.05, 4.69) is 35.2 Å². The van der Waals surface area contributed by atoms with E-state index in [-0.39, 0.29) is 5.92 Å². The molecule has 0 saturated carbocycles. The fourth-order valence-corrected chi connectivity index (χ4v) is 3.22. The zero-order valence-electron chi connectivity index (χ0n) is 15.9. The summed E-state index contributed by atoms with van der Waals surface area (Å²) in [5, 5.41) is 0. The lowest BCUT2D eigenvalue weighted by molar-refractivity contribution is -0.351. The molecule has 2 aromatic rings. The minimum atomic E-state index is -1.13. The molecule has 4 heteroatoms. The maximum absolute atomic E-state index is 6.27. The third kappa shape index (κ3) is 3.62. The van der Waals surface area contributed by atoms with Crippen LogP contribution in [0.4, 0.5) is 5.69 Å². The molecular weight excluding hydrogens is 326 g/mol. The molecule has 138 valence electrons. The number of benzene rings is 2. The summed E-state index contributed by atoms with van der Waals surface area (Å²) in [4.78, 5) is 2.08. The van der Waals surface area contributed by atoms with E-state index in [0.717, 1.165) is 22.6 Å². The van der Waals surface area contributed by atoms with Crippen molar-refractivity contribution in [1.82, 2.24) is 0 Å². The van der Waals surface area contributed by atoms with Crippen molar-refractivity contribution in [2.24, 2.45) is 0 Å². The Hall–Kier alpha value is -2.30. The van der Waals surface area contributed by atoms with E-state index in [4.69, 9.17) is 14.2 Å². The lowest BCUT2D eigenvalue weighted by Gasteiger charge is -2.33. The van der Waals surface area contributed by atoms with Gasteiger partial charge in [-0.15, -0.1) is 0 Å². The fourth-order valence-electron chi connectivity index (χ4n) is 3.22. The van der Waals surface area contributed by atoms with Gasteiger partial charge in [-0.05, 0) is 37.6 Å². The molecule has 0 bridgehead atoms. The highest BCUT2D eigenvalue weighted by molar-refractivity contribution is 5.64. The van der Waals surface area contributed by atoms with Gasteiger partial charge < -0.3 is 19.1 Å². The summed E-state index contributed by atoms with van der Waals surface area (Å²) < 4.78 is 18.3. The zero-order chi connectivity index (χ0) is 18.6. The fraction of sp³-hybridized carbons (Fsp3) is 0.364. The monoisotopic (exact) mass is 353 g/mol. The topological polar surface area (TPSA) is 30.9 Å². The number of ether oxygens (including phenoxy) is 3. The van der Waals surface area contributed by atoms with Gasteiger partial charge in [-0.25, -0.2) is 0 Å². The Kier molecular flexibility index (Phi) is 5.64. The van der Waals surface area contributed by atoms with Gasteiger partial charge in [0.25, 0.3) is 0 Å². The molecule has 2 aromatic carbocycles. The minimum absolute atomic E-state index is 0.145. The highest BCUT2D eigenvalue weighted by Crippen LogP contribution is 2.46. The smallest absolute Gasteiger partial charge is 0.338 e. The molecule has 3 rings (SSSR count). The predicted molar refractivity (Wildman–Crippen MR) is 105 cm³/mol. The molecule has 0 aromatic heterocycles. The number of hydrogen-bond acceptors (Lipinski definition) is 4. The SMILES string of the molecule is CCOC1(OCC)OC(c2ccccc2)=CC1c1ccc(N(C)C)cc1. The first-order valence-electron chi connectivity index (χ1n) is 9.11. The largest absolute Gasteiger partial charge is 0.438 e. The van der Waals surface area contributed by atoms with Gasteiger partial charge in [-0.3, -0.25) is 0 Å². The molecule has 4 nitrogen and oxygen atoms in total. The summed E-state index contributed by atoms with van der Waals surface area (Å²) >= 11 is 0. The van der Waals surface area contributed by atoms with Gasteiger partial charge in [-0.1, -0.05) is 42.5 Å². The molecule has 1 unspecified atom stereocenters. The summed E-state index contributed by atoms with van der Waals surface area (Å²) in [6.45, 7) is 4.91. The molecule has 1 heterocycles. The second kappa shape index (κ2) is 7.94. The number of anilines is 1. The molecule has 0 fully saturated rings. The van der Waals surface area contributed by atoms with Gasteiger partial charge >= 0.3 is 5.97 Å². The van der Waals surface area contributed by atoms with Gasteiger partial charge in [0.2, 0.25) is 0 Å². The van der Waals surface area contributed by atoms with E-state index in [1.807, 2.05) is 58.3 Å². The van der Waals surface area contributed by atoms with Gasteiger partial charge in [0.1, 0.15) is 11.7 Å². The Bertz CT molecular complexity index is 732. The summed E-state index contributed by atoms with van der Waals surface area (Å²) in [5.74, 6) is -0.489. The summed E-state index contributed by atoms with van der Waals surface area (Å²) in [6, 6.07) is 18.5. The van der Waals surface area contributed by atoms with Gasteiger partial charge in [0.15, 0.2) is 0 Å². The highest BCUT2D eigenvalue weighted by atomic mass is 16.9. The lowest BCUT2D eigenvalue weighted by atomic mass is 9.96. The zero-order valence-corrected chi connectivity index (χ0v) is 15.9. The second-order valence-corrected chi connectivity index (χ2v) is 6.43. The first kappa shape index (κ1) is 18.5. The first-order valence-corrected chi connectivity index (χ1v) is 9.11. The second-order valence-electron chi connectivity index (χ2n) is 6.43. The first-order chi connectivity index (χ1) is 12.6. The Morgan fingerprint density at radius 1 is 0.923 bits per heavy atom. The van der Waals surface area contributed by atoms with Crippen LogP contribution < -0.4 is 4.90 Å². The van der Waals surface area contributed by atoms with Crippen LogP contribution in [0.25, 0.3) is 5.76 Å². The van der Waals surface area contributed by atoms with Crippen LogP contribution in [0.15, 0.2) is 60.7 Å². The van der Waals surface area contributed by atoms with Crippen LogP contribution in [0.3, 0.4) is 0 Å². The molecule has 0 N–H and O–H groups in total. The minimum Gasteiger partial charge on any atom is -0.438 e. The standard InChI is InChI=1S/C22H27NO3/c1-5-24-22(25-6-2)20(17-12-14-19(15-13-17)23(3)4)16-21(26-22)18-10-8-7-9-11-18/h7-16,20H,5-6H2,1-4H3. The van der Waals surface area contributed by atoms with E-state index in [9.17, 15) is 0 Å². The number of rotatable bonds is 7. The molecule has 1 aliphatic heterocycles. The van der Waals surface area contributed by atoms with Crippen molar-refractivity contribution in [3.63, 3.8) is 0 Å². The average Bonchev–Trinajstić information content (AvgIpc) is 3.02. The van der Waals surface area contributed by atoms with Gasteiger partial charge in [-0.2, -0.15) is 0 Å². The van der Waals surface area contributed by atoms with E-state index < -0.39 is 5.97 Å². The van der Waals surface area contributed by atoms with Crippen LogP contribution in [0.2, 0.25) is 0 Å². The van der Waals surface area contributed by atoms with Crippen LogP contribution in [-0.4, -0.2) is 33.3 Å². The van der Waals surface area contributed by atoms with Crippen LogP contribution in [0.5, 0.6) is 0 Å². The van der Waals surface area contributed by atoms with Crippen LogP contribution in [0.1, 0.15) is 30.9 Å². The van der Waals surface area contributed by atoms with Crippen molar-refractivity contribution in [3.05, 3.63) is 71.8 Å². The third-order valence-electron chi connectivity index (χ3n) is 4.47. The van der Waals surface area contributed by atoms with E-state index >= 15 is 0 Å². The number of hydrogen-bond donors (Lipinski definition) is 0. The molecule has 0 radical (unpaired) electrons. The van der Waals surface area contributed by atoms with Crippen LogP contribution in [0, 0.1) is 0 Å². The Labute approximate surface area is 156 Å². The van der Waals surface area contributed by atoms with Crippen molar-refractivity contribution in [3.8, 4) is 0 Å². The number of nitrogens with zero attached hydrogens (tertiary/aromatic N) is 1. The normalized spacial score (nSPS) is 18.3. The molecule has 1 aliphatic rings. The Morgan fingerprint density at radius 3 is 2.08 bits per heavy atom. The summed E-state index contributed by atoms with van der Waals surface area (Å²) in [5.41, 5.74) is 3.27. The van der Waals surface area contributed by atoms with Crippen molar-refractivity contribution < 1.29 is 14.2 Å². The average molecular weight is 353 g/mol. The van der Waals surface area contributed by atoms with Crippen LogP contribution >= 0.6 is 0 Å². The molecule has 0 aliphatic carbocycles. The van der Waals surface area contributed by atoms with Crippen molar-refractivity contribution >= 4 is 11.4 Å². The van der Waals surface area contributed by atoms with E-state index in [0.29, 0.717) is 13.2 Å². The van der Waals surface area contributed by atoms with Crippen molar-refractivity contribution in [1.29, 1.82) is 0 Å². The quantitative estimate of drug-likeness (QED) is 0.679. The molecule has 0 amide bonds. The van der Waals surface area contributed by atoms with E-state index in [1.54, 1.807) is 0 Å². The molecule has 1 atom stereocenters. The predicted octanol–water partition coefficient (Wildman–Crippen LogP) is 4.63. The molecule has 0 saturated heterocycles. The highest BCUT2D eigenvalue weighted by Gasteiger charge is 2.49. The maximum Gasteiger partial charge on any atom is 0.338 e. The Balaban J connectivity index is 2.01. The van der Waals surface area contributed by atoms with Crippen molar-refractivity contribution in [2.45, 2.75) is 25.7 Å². The Morgan fingerprint density at radius 2 is 1.54 bits per heavy atom. The molecule has 0 spiro atoms.